The van der Waals surface area contributed by atoms with Crippen LogP contribution in [0, 0.1) is 0 Å². The minimum Gasteiger partial charge on any atom is -0.485 e. The van der Waals surface area contributed by atoms with Crippen LogP contribution in [-0.4, -0.2) is 27.9 Å². The maximum Gasteiger partial charge on any atom is 0.166 e. The summed E-state index contributed by atoms with van der Waals surface area (Å²) in [6, 6.07) is 9.94. The summed E-state index contributed by atoms with van der Waals surface area (Å²) < 4.78 is 7.93. The van der Waals surface area contributed by atoms with Gasteiger partial charge in [-0.25, -0.2) is 4.98 Å². The Labute approximate surface area is 163 Å². The number of nitrogens with zero attached hydrogens (tertiary/aromatic N) is 3. The van der Waals surface area contributed by atoms with Gasteiger partial charge in [-0.1, -0.05) is 29.8 Å². The monoisotopic (exact) mass is 383 g/mol. The first-order valence-electron chi connectivity index (χ1n) is 9.07. The molecule has 140 valence electrons. The Morgan fingerprint density at radius 3 is 2.81 bits per heavy atom. The molecule has 1 fully saturated rings. The summed E-state index contributed by atoms with van der Waals surface area (Å²) in [4.78, 5) is 4.28. The third kappa shape index (κ3) is 4.07. The first kappa shape index (κ1) is 17.8. The van der Waals surface area contributed by atoms with Crippen molar-refractivity contribution in [1.29, 1.82) is 0 Å². The van der Waals surface area contributed by atoms with Crippen molar-refractivity contribution < 1.29 is 4.74 Å². The molecule has 0 spiro atoms. The Kier molecular flexibility index (Phi) is 5.27. The maximum absolute atomic E-state index is 6.19. The lowest BCUT2D eigenvalue weighted by Gasteiger charge is -2.22. The molecule has 0 bridgehead atoms. The Morgan fingerprint density at radius 1 is 1.19 bits per heavy atom. The molecule has 0 aliphatic carbocycles. The molecule has 4 rings (SSSR count). The van der Waals surface area contributed by atoms with E-state index in [1.807, 2.05) is 36.5 Å². The van der Waals surface area contributed by atoms with Crippen molar-refractivity contribution in [2.75, 3.05) is 18.8 Å². The number of nitrogens with one attached hydrogen (secondary N) is 1. The number of benzene rings is 1. The number of halogens is 1. The van der Waals surface area contributed by atoms with Gasteiger partial charge in [0, 0.05) is 34.1 Å². The molecule has 0 atom stereocenters. The van der Waals surface area contributed by atoms with E-state index in [-0.39, 0.29) is 0 Å². The fraction of sp³-hybridized carbons (Fsp3) is 0.300. The number of ether oxygens (including phenoxy) is 1. The van der Waals surface area contributed by atoms with E-state index in [4.69, 9.17) is 22.1 Å². The van der Waals surface area contributed by atoms with Crippen LogP contribution >= 0.6 is 11.6 Å². The molecule has 7 heteroatoms. The largest absolute Gasteiger partial charge is 0.485 e. The molecule has 3 aromatic rings. The average Bonchev–Trinajstić information content (AvgIpc) is 3.19. The van der Waals surface area contributed by atoms with Crippen LogP contribution in [0.15, 0.2) is 48.9 Å². The number of rotatable bonds is 5. The van der Waals surface area contributed by atoms with Gasteiger partial charge in [-0.15, -0.1) is 0 Å². The topological polar surface area (TPSA) is 78.0 Å². The van der Waals surface area contributed by atoms with Crippen LogP contribution in [0.4, 0.5) is 5.82 Å². The van der Waals surface area contributed by atoms with Gasteiger partial charge in [0.05, 0.1) is 12.2 Å². The van der Waals surface area contributed by atoms with Gasteiger partial charge in [-0.05, 0) is 38.1 Å². The first-order valence-corrected chi connectivity index (χ1v) is 9.45. The zero-order chi connectivity index (χ0) is 18.6. The molecule has 0 unspecified atom stereocenters. The maximum atomic E-state index is 6.19. The first-order chi connectivity index (χ1) is 13.2. The lowest BCUT2D eigenvalue weighted by molar-refractivity contribution is 0.307. The standard InChI is InChI=1S/C20H22ClN5O/c21-18-4-2-1-3-14(18)13-27-19-9-15(10-24-20(19)22)16-11-25-26(12-16)17-5-7-23-8-6-17/h1-4,9-12,17,23H,5-8,13H2,(H2,22,24). The van der Waals surface area contributed by atoms with E-state index in [2.05, 4.69) is 26.3 Å². The van der Waals surface area contributed by atoms with Gasteiger partial charge in [0.2, 0.25) is 0 Å². The van der Waals surface area contributed by atoms with Crippen LogP contribution in [0.25, 0.3) is 11.1 Å². The molecule has 1 aliphatic rings. The molecular formula is C20H22ClN5O. The van der Waals surface area contributed by atoms with E-state index in [1.54, 1.807) is 6.20 Å². The third-order valence-electron chi connectivity index (χ3n) is 4.84. The van der Waals surface area contributed by atoms with Crippen LogP contribution in [-0.2, 0) is 6.61 Å². The third-order valence-corrected chi connectivity index (χ3v) is 5.21. The average molecular weight is 384 g/mol. The van der Waals surface area contributed by atoms with Gasteiger partial charge in [0.1, 0.15) is 6.61 Å². The van der Waals surface area contributed by atoms with Crippen LogP contribution in [0.3, 0.4) is 0 Å². The molecular weight excluding hydrogens is 362 g/mol. The van der Waals surface area contributed by atoms with Crippen molar-refractivity contribution in [3.05, 3.63) is 59.5 Å². The summed E-state index contributed by atoms with van der Waals surface area (Å²) in [5.74, 6) is 0.901. The van der Waals surface area contributed by atoms with Crippen molar-refractivity contribution in [1.82, 2.24) is 20.1 Å². The molecule has 3 N–H and O–H groups in total. The number of nitrogens with two attached hydrogens (primary N) is 1. The Hall–Kier alpha value is -2.57. The molecule has 3 heterocycles. The predicted octanol–water partition coefficient (Wildman–Crippen LogP) is 3.68. The van der Waals surface area contributed by atoms with Gasteiger partial charge in [-0.2, -0.15) is 5.10 Å². The summed E-state index contributed by atoms with van der Waals surface area (Å²) >= 11 is 6.19. The number of hydrogen-bond acceptors (Lipinski definition) is 5. The molecule has 1 aliphatic heterocycles. The van der Waals surface area contributed by atoms with Gasteiger partial charge >= 0.3 is 0 Å². The molecule has 1 aromatic carbocycles. The number of anilines is 1. The normalized spacial score (nSPS) is 15.0. The molecule has 2 aromatic heterocycles. The minimum atomic E-state index is 0.337. The van der Waals surface area contributed by atoms with Crippen molar-refractivity contribution in [3.8, 4) is 16.9 Å². The Balaban J connectivity index is 1.52. The second-order valence-corrected chi connectivity index (χ2v) is 7.08. The summed E-state index contributed by atoms with van der Waals surface area (Å²) in [7, 11) is 0. The number of pyridine rings is 1. The highest BCUT2D eigenvalue weighted by atomic mass is 35.5. The van der Waals surface area contributed by atoms with Crippen molar-refractivity contribution in [3.63, 3.8) is 0 Å². The second-order valence-electron chi connectivity index (χ2n) is 6.68. The Bertz CT molecular complexity index is 920. The second kappa shape index (κ2) is 7.98. The van der Waals surface area contributed by atoms with Gasteiger partial charge in [0.25, 0.3) is 0 Å². The summed E-state index contributed by atoms with van der Waals surface area (Å²) in [5, 5.41) is 8.59. The number of hydrogen-bond donors (Lipinski definition) is 2. The highest BCUT2D eigenvalue weighted by Crippen LogP contribution is 2.29. The highest BCUT2D eigenvalue weighted by molar-refractivity contribution is 6.31. The van der Waals surface area contributed by atoms with Crippen LogP contribution in [0.1, 0.15) is 24.4 Å². The van der Waals surface area contributed by atoms with Gasteiger partial charge < -0.3 is 15.8 Å². The summed E-state index contributed by atoms with van der Waals surface area (Å²) in [6.07, 6.45) is 7.87. The Morgan fingerprint density at radius 2 is 2.00 bits per heavy atom. The smallest absolute Gasteiger partial charge is 0.166 e. The van der Waals surface area contributed by atoms with Gasteiger partial charge in [-0.3, -0.25) is 4.68 Å². The van der Waals surface area contributed by atoms with Crippen LogP contribution in [0.5, 0.6) is 5.75 Å². The van der Waals surface area contributed by atoms with Crippen molar-refractivity contribution >= 4 is 17.4 Å². The SMILES string of the molecule is Nc1ncc(-c2cnn(C3CCNCC3)c2)cc1OCc1ccccc1Cl. The molecule has 0 amide bonds. The molecule has 27 heavy (non-hydrogen) atoms. The number of aromatic nitrogens is 3. The molecule has 0 saturated carbocycles. The zero-order valence-corrected chi connectivity index (χ0v) is 15.7. The molecule has 6 nitrogen and oxygen atoms in total. The van der Waals surface area contributed by atoms with E-state index in [9.17, 15) is 0 Å². The highest BCUT2D eigenvalue weighted by Gasteiger charge is 2.16. The van der Waals surface area contributed by atoms with Crippen molar-refractivity contribution in [2.24, 2.45) is 0 Å². The van der Waals surface area contributed by atoms with E-state index < -0.39 is 0 Å². The van der Waals surface area contributed by atoms with E-state index in [0.29, 0.717) is 29.2 Å². The fourth-order valence-corrected chi connectivity index (χ4v) is 3.45. The lowest BCUT2D eigenvalue weighted by atomic mass is 10.1. The van der Waals surface area contributed by atoms with Crippen molar-refractivity contribution in [2.45, 2.75) is 25.5 Å². The summed E-state index contributed by atoms with van der Waals surface area (Å²) in [6.45, 7) is 2.40. The van der Waals surface area contributed by atoms with E-state index in [0.717, 1.165) is 42.6 Å². The summed E-state index contributed by atoms with van der Waals surface area (Å²) in [5.41, 5.74) is 8.83. The molecule has 1 saturated heterocycles. The predicted molar refractivity (Wildman–Crippen MR) is 107 cm³/mol. The minimum absolute atomic E-state index is 0.337. The quantitative estimate of drug-likeness (QED) is 0.702. The van der Waals surface area contributed by atoms with E-state index >= 15 is 0 Å². The number of nitrogen functional groups attached to an aromatic ring is 1. The van der Waals surface area contributed by atoms with E-state index in [1.165, 1.54) is 0 Å². The zero-order valence-electron chi connectivity index (χ0n) is 14.9. The number of piperidine rings is 1. The van der Waals surface area contributed by atoms with Crippen LogP contribution < -0.4 is 15.8 Å². The van der Waals surface area contributed by atoms with Gasteiger partial charge in [0.15, 0.2) is 11.6 Å². The molecule has 0 radical (unpaired) electrons. The van der Waals surface area contributed by atoms with Crippen LogP contribution in [0.2, 0.25) is 5.02 Å². The fourth-order valence-electron chi connectivity index (χ4n) is 3.26. The lowest BCUT2D eigenvalue weighted by Crippen LogP contribution is -2.29.